The molecule has 0 aliphatic carbocycles. The largest absolute Gasteiger partial charge is 0.494 e. The van der Waals surface area contributed by atoms with E-state index in [1.165, 1.54) is 0 Å². The maximum atomic E-state index is 12.1. The van der Waals surface area contributed by atoms with Gasteiger partial charge in [-0.3, -0.25) is 4.79 Å². The molecule has 0 saturated carbocycles. The molecule has 0 bridgehead atoms. The summed E-state index contributed by atoms with van der Waals surface area (Å²) in [6.07, 6.45) is 3.68. The molecule has 0 unspecified atom stereocenters. The van der Waals surface area contributed by atoms with E-state index in [4.69, 9.17) is 9.84 Å². The Morgan fingerprint density at radius 2 is 1.83 bits per heavy atom. The number of unbranched alkanes of at least 4 members (excludes halogenated alkanes) is 2. The number of amides is 1. The topological polar surface area (TPSA) is 75.6 Å². The van der Waals surface area contributed by atoms with Crippen LogP contribution in [0.25, 0.3) is 0 Å². The van der Waals surface area contributed by atoms with E-state index in [2.05, 4.69) is 12.2 Å². The minimum absolute atomic E-state index is 0.190. The van der Waals surface area contributed by atoms with E-state index in [0.717, 1.165) is 25.0 Å². The van der Waals surface area contributed by atoms with Gasteiger partial charge in [-0.15, -0.1) is 0 Å². The number of carboxylic acid groups (broad SMARTS) is 1. The zero-order valence-electron chi connectivity index (χ0n) is 14.2. The second-order valence-corrected chi connectivity index (χ2v) is 6.07. The first-order valence-corrected chi connectivity index (χ1v) is 8.20. The average Bonchev–Trinajstić information content (AvgIpc) is 2.51. The van der Waals surface area contributed by atoms with Crippen molar-refractivity contribution < 1.29 is 19.4 Å². The van der Waals surface area contributed by atoms with E-state index < -0.39 is 12.0 Å². The van der Waals surface area contributed by atoms with Crippen LogP contribution in [0, 0.1) is 5.92 Å². The molecule has 1 rings (SSSR count). The van der Waals surface area contributed by atoms with Gasteiger partial charge in [-0.25, -0.2) is 4.79 Å². The van der Waals surface area contributed by atoms with E-state index in [9.17, 15) is 9.59 Å². The monoisotopic (exact) mass is 321 g/mol. The van der Waals surface area contributed by atoms with Gasteiger partial charge in [0.1, 0.15) is 11.8 Å². The van der Waals surface area contributed by atoms with Crippen molar-refractivity contribution in [2.45, 2.75) is 52.5 Å². The first-order valence-electron chi connectivity index (χ1n) is 8.20. The normalized spacial score (nSPS) is 12.0. The van der Waals surface area contributed by atoms with Crippen LogP contribution < -0.4 is 10.1 Å². The summed E-state index contributed by atoms with van der Waals surface area (Å²) < 4.78 is 5.59. The van der Waals surface area contributed by atoms with Gasteiger partial charge in [0.05, 0.1) is 6.61 Å². The van der Waals surface area contributed by atoms with E-state index in [0.29, 0.717) is 18.6 Å². The Kier molecular flexibility index (Phi) is 8.16. The highest BCUT2D eigenvalue weighted by Gasteiger charge is 2.21. The maximum Gasteiger partial charge on any atom is 0.326 e. The van der Waals surface area contributed by atoms with Crippen LogP contribution in [0.1, 0.15) is 56.8 Å². The van der Waals surface area contributed by atoms with Gasteiger partial charge in [-0.2, -0.15) is 0 Å². The third-order valence-corrected chi connectivity index (χ3v) is 3.44. The molecule has 0 aliphatic heterocycles. The lowest BCUT2D eigenvalue weighted by Crippen LogP contribution is -2.41. The zero-order chi connectivity index (χ0) is 17.2. The first kappa shape index (κ1) is 19.0. The Hall–Kier alpha value is -2.04. The Morgan fingerprint density at radius 3 is 2.35 bits per heavy atom. The highest BCUT2D eigenvalue weighted by atomic mass is 16.5. The van der Waals surface area contributed by atoms with Crippen LogP contribution in [-0.2, 0) is 4.79 Å². The van der Waals surface area contributed by atoms with Crippen LogP contribution in [0.15, 0.2) is 24.3 Å². The standard InChI is InChI=1S/C18H27NO4/c1-4-5-6-11-23-15-9-7-14(8-10-15)17(20)19-16(18(21)22)12-13(2)3/h7-10,13,16H,4-6,11-12H2,1-3H3,(H,19,20)(H,21,22)/t16-/m0/s1. The van der Waals surface area contributed by atoms with Gasteiger partial charge in [0.25, 0.3) is 5.91 Å². The molecule has 0 radical (unpaired) electrons. The summed E-state index contributed by atoms with van der Waals surface area (Å²) in [4.78, 5) is 23.3. The highest BCUT2D eigenvalue weighted by molar-refractivity contribution is 5.96. The number of hydrogen-bond acceptors (Lipinski definition) is 3. The SMILES string of the molecule is CCCCCOc1ccc(C(=O)N[C@@H](CC(C)C)C(=O)O)cc1. The fourth-order valence-electron chi connectivity index (χ4n) is 2.18. The van der Waals surface area contributed by atoms with Crippen LogP contribution in [0.4, 0.5) is 0 Å². The van der Waals surface area contributed by atoms with E-state index in [-0.39, 0.29) is 11.8 Å². The number of nitrogens with one attached hydrogen (secondary N) is 1. The van der Waals surface area contributed by atoms with Crippen molar-refractivity contribution in [3.63, 3.8) is 0 Å². The fraction of sp³-hybridized carbons (Fsp3) is 0.556. The lowest BCUT2D eigenvalue weighted by atomic mass is 10.0. The van der Waals surface area contributed by atoms with E-state index >= 15 is 0 Å². The number of ether oxygens (including phenoxy) is 1. The van der Waals surface area contributed by atoms with Gasteiger partial charge in [-0.05, 0) is 43.0 Å². The third-order valence-electron chi connectivity index (χ3n) is 3.44. The van der Waals surface area contributed by atoms with Gasteiger partial charge < -0.3 is 15.2 Å². The number of carbonyl (C=O) groups is 2. The van der Waals surface area contributed by atoms with E-state index in [1.807, 2.05) is 13.8 Å². The Balaban J connectivity index is 2.57. The summed E-state index contributed by atoms with van der Waals surface area (Å²) in [6, 6.07) is 5.91. The van der Waals surface area contributed by atoms with Gasteiger partial charge in [0, 0.05) is 5.56 Å². The van der Waals surface area contributed by atoms with Crippen molar-refractivity contribution in [3.8, 4) is 5.75 Å². The predicted octanol–water partition coefficient (Wildman–Crippen LogP) is 3.48. The molecule has 128 valence electrons. The smallest absolute Gasteiger partial charge is 0.326 e. The summed E-state index contributed by atoms with van der Waals surface area (Å²) in [6.45, 7) is 6.64. The van der Waals surface area contributed by atoms with Crippen molar-refractivity contribution in [2.75, 3.05) is 6.61 Å². The highest BCUT2D eigenvalue weighted by Crippen LogP contribution is 2.14. The zero-order valence-corrected chi connectivity index (χ0v) is 14.2. The molecular formula is C18H27NO4. The Morgan fingerprint density at radius 1 is 1.17 bits per heavy atom. The van der Waals surface area contributed by atoms with Crippen LogP contribution in [-0.4, -0.2) is 29.6 Å². The Bertz CT molecular complexity index is 496. The van der Waals surface area contributed by atoms with Crippen molar-refractivity contribution in [3.05, 3.63) is 29.8 Å². The number of hydrogen-bond donors (Lipinski definition) is 2. The molecule has 1 atom stereocenters. The van der Waals surface area contributed by atoms with Crippen molar-refractivity contribution in [1.82, 2.24) is 5.32 Å². The quantitative estimate of drug-likeness (QED) is 0.647. The Labute approximate surface area is 138 Å². The second kappa shape index (κ2) is 9.87. The lowest BCUT2D eigenvalue weighted by molar-refractivity contribution is -0.139. The van der Waals surface area contributed by atoms with Crippen LogP contribution in [0.2, 0.25) is 0 Å². The molecule has 0 aliphatic rings. The molecule has 0 fully saturated rings. The molecule has 0 heterocycles. The molecule has 2 N–H and O–H groups in total. The minimum Gasteiger partial charge on any atom is -0.494 e. The predicted molar refractivity (Wildman–Crippen MR) is 89.8 cm³/mol. The van der Waals surface area contributed by atoms with Crippen LogP contribution in [0.3, 0.4) is 0 Å². The van der Waals surface area contributed by atoms with Gasteiger partial charge >= 0.3 is 5.97 Å². The molecule has 5 heteroatoms. The molecule has 5 nitrogen and oxygen atoms in total. The number of rotatable bonds is 10. The minimum atomic E-state index is -1.01. The second-order valence-electron chi connectivity index (χ2n) is 6.07. The molecule has 1 aromatic carbocycles. The summed E-state index contributed by atoms with van der Waals surface area (Å²) in [5.41, 5.74) is 0.431. The van der Waals surface area contributed by atoms with Crippen LogP contribution >= 0.6 is 0 Å². The summed E-state index contributed by atoms with van der Waals surface area (Å²) >= 11 is 0. The molecule has 0 saturated heterocycles. The van der Waals surface area contributed by atoms with Crippen molar-refractivity contribution in [1.29, 1.82) is 0 Å². The van der Waals surface area contributed by atoms with E-state index in [1.54, 1.807) is 24.3 Å². The first-order chi connectivity index (χ1) is 10.9. The number of carboxylic acids is 1. The molecular weight excluding hydrogens is 294 g/mol. The maximum absolute atomic E-state index is 12.1. The molecule has 0 spiro atoms. The summed E-state index contributed by atoms with van der Waals surface area (Å²) in [5.74, 6) is -0.483. The summed E-state index contributed by atoms with van der Waals surface area (Å²) in [5, 5.41) is 11.7. The van der Waals surface area contributed by atoms with Crippen molar-refractivity contribution >= 4 is 11.9 Å². The molecule has 23 heavy (non-hydrogen) atoms. The van der Waals surface area contributed by atoms with Gasteiger partial charge in [0.15, 0.2) is 0 Å². The molecule has 1 aromatic rings. The average molecular weight is 321 g/mol. The lowest BCUT2D eigenvalue weighted by Gasteiger charge is -2.16. The molecule has 0 aromatic heterocycles. The van der Waals surface area contributed by atoms with Crippen LogP contribution in [0.5, 0.6) is 5.75 Å². The number of carbonyl (C=O) groups excluding carboxylic acids is 1. The fourth-order valence-corrected chi connectivity index (χ4v) is 2.18. The number of benzene rings is 1. The van der Waals surface area contributed by atoms with Gasteiger partial charge in [-0.1, -0.05) is 33.6 Å². The third kappa shape index (κ3) is 7.17. The van der Waals surface area contributed by atoms with Crippen molar-refractivity contribution in [2.24, 2.45) is 5.92 Å². The molecule has 1 amide bonds. The number of aliphatic carboxylic acids is 1. The van der Waals surface area contributed by atoms with Gasteiger partial charge in [0.2, 0.25) is 0 Å². The summed E-state index contributed by atoms with van der Waals surface area (Å²) in [7, 11) is 0.